The van der Waals surface area contributed by atoms with Gasteiger partial charge in [-0.15, -0.1) is 0 Å². The minimum absolute atomic E-state index is 0.171. The van der Waals surface area contributed by atoms with Gasteiger partial charge in [-0.25, -0.2) is 9.37 Å². The molecule has 2 aliphatic rings. The zero-order valence-corrected chi connectivity index (χ0v) is 15.7. The number of halogens is 1. The highest BCUT2D eigenvalue weighted by atomic mass is 19.1. The summed E-state index contributed by atoms with van der Waals surface area (Å²) in [6.45, 7) is 8.03. The molecule has 1 aromatic carbocycles. The zero-order chi connectivity index (χ0) is 19.2. The fourth-order valence-corrected chi connectivity index (χ4v) is 4.02. The quantitative estimate of drug-likeness (QED) is 0.900. The summed E-state index contributed by atoms with van der Waals surface area (Å²) in [5.41, 5.74) is 9.76. The van der Waals surface area contributed by atoms with Crippen LogP contribution in [-0.4, -0.2) is 42.1 Å². The molecule has 0 unspecified atom stereocenters. The molecule has 0 aliphatic carbocycles. The monoisotopic (exact) mass is 369 g/mol. The Labute approximate surface area is 158 Å². The van der Waals surface area contributed by atoms with Gasteiger partial charge >= 0.3 is 0 Å². The average molecular weight is 369 g/mol. The summed E-state index contributed by atoms with van der Waals surface area (Å²) in [6.07, 6.45) is 0.765. The predicted molar refractivity (Wildman–Crippen MR) is 101 cm³/mol. The van der Waals surface area contributed by atoms with E-state index in [4.69, 9.17) is 10.5 Å². The van der Waals surface area contributed by atoms with Gasteiger partial charge in [0.2, 0.25) is 0 Å². The summed E-state index contributed by atoms with van der Waals surface area (Å²) in [7, 11) is 0. The van der Waals surface area contributed by atoms with E-state index in [0.29, 0.717) is 12.1 Å². The van der Waals surface area contributed by atoms with Crippen LogP contribution in [0.1, 0.15) is 34.2 Å². The topological polar surface area (TPSA) is 68.5 Å². The fraction of sp³-hybridized carbons (Fsp3) is 0.429. The maximum absolute atomic E-state index is 14.6. The van der Waals surface area contributed by atoms with Gasteiger partial charge in [0.25, 0.3) is 5.91 Å². The highest BCUT2D eigenvalue weighted by molar-refractivity contribution is 5.92. The molecule has 0 atom stereocenters. The van der Waals surface area contributed by atoms with Crippen molar-refractivity contribution in [1.82, 2.24) is 9.88 Å². The van der Waals surface area contributed by atoms with E-state index in [9.17, 15) is 9.18 Å². The average Bonchev–Trinajstić information content (AvgIpc) is 2.59. The molecule has 4 rings (SSSR count). The van der Waals surface area contributed by atoms with Gasteiger partial charge in [-0.3, -0.25) is 9.69 Å². The highest BCUT2D eigenvalue weighted by Crippen LogP contribution is 2.34. The molecule has 2 aromatic rings. The number of nitrogens with zero attached hydrogens (tertiary/aromatic N) is 2. The largest absolute Gasteiger partial charge is 0.380 e. The van der Waals surface area contributed by atoms with Gasteiger partial charge in [0.15, 0.2) is 0 Å². The zero-order valence-electron chi connectivity index (χ0n) is 15.7. The van der Waals surface area contributed by atoms with Crippen molar-refractivity contribution in [1.29, 1.82) is 0 Å². The van der Waals surface area contributed by atoms with Crippen molar-refractivity contribution in [2.24, 2.45) is 11.1 Å². The number of rotatable bonds is 4. The lowest BCUT2D eigenvalue weighted by atomic mass is 9.86. The molecule has 142 valence electrons. The van der Waals surface area contributed by atoms with Crippen LogP contribution in [0.3, 0.4) is 0 Å². The van der Waals surface area contributed by atoms with Gasteiger partial charge in [0.05, 0.1) is 18.9 Å². The number of carbonyl (C=O) groups is 1. The minimum atomic E-state index is -0.594. The lowest BCUT2D eigenvalue weighted by molar-refractivity contribution is -0.116. The number of ether oxygens (including phenoxy) is 1. The number of amides is 1. The fourth-order valence-electron chi connectivity index (χ4n) is 4.02. The van der Waals surface area contributed by atoms with Crippen LogP contribution in [0.5, 0.6) is 0 Å². The lowest BCUT2D eigenvalue weighted by Crippen LogP contribution is -2.49. The van der Waals surface area contributed by atoms with Gasteiger partial charge in [0.1, 0.15) is 11.5 Å². The second-order valence-electron chi connectivity index (χ2n) is 8.09. The summed E-state index contributed by atoms with van der Waals surface area (Å²) >= 11 is 0. The van der Waals surface area contributed by atoms with Crippen molar-refractivity contribution in [2.75, 3.05) is 26.3 Å². The Morgan fingerprint density at radius 2 is 2.11 bits per heavy atom. The SMILES string of the molecule is Cc1ccc(-c2cc(C(N)=O)nc3c2CCN(CC2(C)COC2)C3)c(F)c1. The van der Waals surface area contributed by atoms with Crippen LogP contribution in [-0.2, 0) is 17.7 Å². The number of hydrogen-bond donors (Lipinski definition) is 1. The Morgan fingerprint density at radius 1 is 1.33 bits per heavy atom. The van der Waals surface area contributed by atoms with Crippen LogP contribution >= 0.6 is 0 Å². The number of fused-ring (bicyclic) bond motifs is 1. The molecule has 1 amide bonds. The molecule has 0 saturated carbocycles. The Bertz CT molecular complexity index is 909. The number of benzene rings is 1. The minimum Gasteiger partial charge on any atom is -0.380 e. The Morgan fingerprint density at radius 3 is 2.74 bits per heavy atom. The number of nitrogens with two attached hydrogens (primary N) is 1. The van der Waals surface area contributed by atoms with Crippen molar-refractivity contribution < 1.29 is 13.9 Å². The van der Waals surface area contributed by atoms with E-state index < -0.39 is 5.91 Å². The number of hydrogen-bond acceptors (Lipinski definition) is 4. The smallest absolute Gasteiger partial charge is 0.267 e. The van der Waals surface area contributed by atoms with Crippen LogP contribution in [0.4, 0.5) is 4.39 Å². The molecule has 0 radical (unpaired) electrons. The normalized spacial score (nSPS) is 18.6. The molecule has 3 heterocycles. The first-order valence-corrected chi connectivity index (χ1v) is 9.24. The first-order chi connectivity index (χ1) is 12.8. The third-order valence-electron chi connectivity index (χ3n) is 5.43. The van der Waals surface area contributed by atoms with Crippen molar-refractivity contribution >= 4 is 5.91 Å². The molecule has 0 bridgehead atoms. The third kappa shape index (κ3) is 3.47. The van der Waals surface area contributed by atoms with E-state index in [2.05, 4.69) is 16.8 Å². The molecule has 1 fully saturated rings. The second-order valence-corrected chi connectivity index (χ2v) is 8.09. The van der Waals surface area contributed by atoms with Gasteiger partial charge in [0, 0.05) is 30.6 Å². The third-order valence-corrected chi connectivity index (χ3v) is 5.43. The predicted octanol–water partition coefficient (Wildman–Crippen LogP) is 2.69. The number of aryl methyl sites for hydroxylation is 1. The standard InChI is InChI=1S/C21H24FN3O2/c1-13-3-4-14(17(22)7-13)16-8-18(20(23)26)24-19-9-25(6-5-15(16)19)10-21(2)11-27-12-21/h3-4,7-8H,5-6,9-12H2,1-2H3,(H2,23,26). The van der Waals surface area contributed by atoms with E-state index in [1.165, 1.54) is 6.07 Å². The maximum Gasteiger partial charge on any atom is 0.267 e. The van der Waals surface area contributed by atoms with E-state index in [1.807, 2.05) is 13.0 Å². The summed E-state index contributed by atoms with van der Waals surface area (Å²) in [5.74, 6) is -0.886. The van der Waals surface area contributed by atoms with Crippen LogP contribution in [0.15, 0.2) is 24.3 Å². The molecule has 1 aromatic heterocycles. The van der Waals surface area contributed by atoms with Gasteiger partial charge < -0.3 is 10.5 Å². The number of carbonyl (C=O) groups excluding carboxylic acids is 1. The number of pyridine rings is 1. The highest BCUT2D eigenvalue weighted by Gasteiger charge is 2.36. The molecule has 27 heavy (non-hydrogen) atoms. The molecule has 2 aliphatic heterocycles. The first-order valence-electron chi connectivity index (χ1n) is 9.24. The van der Waals surface area contributed by atoms with E-state index in [-0.39, 0.29) is 16.9 Å². The number of aromatic nitrogens is 1. The first kappa shape index (κ1) is 18.1. The molecule has 0 spiro atoms. The number of primary amides is 1. The second kappa shape index (κ2) is 6.69. The van der Waals surface area contributed by atoms with Crippen molar-refractivity contribution in [3.05, 3.63) is 52.6 Å². The molecule has 1 saturated heterocycles. The Balaban J connectivity index is 1.73. The maximum atomic E-state index is 14.6. The molecule has 2 N–H and O–H groups in total. The summed E-state index contributed by atoms with van der Waals surface area (Å²) < 4.78 is 20.0. The van der Waals surface area contributed by atoms with Crippen LogP contribution < -0.4 is 5.73 Å². The Kier molecular flexibility index (Phi) is 4.48. The van der Waals surface area contributed by atoms with E-state index in [0.717, 1.165) is 55.1 Å². The molecule has 5 nitrogen and oxygen atoms in total. The summed E-state index contributed by atoms with van der Waals surface area (Å²) in [6, 6.07) is 6.79. The van der Waals surface area contributed by atoms with Crippen molar-refractivity contribution in [3.8, 4) is 11.1 Å². The van der Waals surface area contributed by atoms with Crippen LogP contribution in [0, 0.1) is 18.2 Å². The molecular weight excluding hydrogens is 345 g/mol. The van der Waals surface area contributed by atoms with Gasteiger partial charge in [-0.1, -0.05) is 19.1 Å². The van der Waals surface area contributed by atoms with Crippen molar-refractivity contribution in [3.63, 3.8) is 0 Å². The van der Waals surface area contributed by atoms with E-state index in [1.54, 1.807) is 12.1 Å². The van der Waals surface area contributed by atoms with Gasteiger partial charge in [-0.05, 0) is 42.2 Å². The van der Waals surface area contributed by atoms with Crippen LogP contribution in [0.25, 0.3) is 11.1 Å². The van der Waals surface area contributed by atoms with Gasteiger partial charge in [-0.2, -0.15) is 0 Å². The lowest BCUT2D eigenvalue weighted by Gasteiger charge is -2.43. The van der Waals surface area contributed by atoms with E-state index >= 15 is 0 Å². The van der Waals surface area contributed by atoms with Crippen LogP contribution in [0.2, 0.25) is 0 Å². The molecular formula is C21H24FN3O2. The molecule has 6 heteroatoms. The summed E-state index contributed by atoms with van der Waals surface area (Å²) in [4.78, 5) is 18.6. The summed E-state index contributed by atoms with van der Waals surface area (Å²) in [5, 5.41) is 0. The Hall–Kier alpha value is -2.31. The van der Waals surface area contributed by atoms with Crippen molar-refractivity contribution in [2.45, 2.75) is 26.8 Å².